The van der Waals surface area contributed by atoms with Crippen molar-refractivity contribution in [3.63, 3.8) is 0 Å². The van der Waals surface area contributed by atoms with Gasteiger partial charge in [0.05, 0.1) is 5.69 Å². The van der Waals surface area contributed by atoms with Gasteiger partial charge in [-0.25, -0.2) is 0 Å². The Morgan fingerprint density at radius 3 is 2.75 bits per heavy atom. The van der Waals surface area contributed by atoms with E-state index in [9.17, 15) is 4.79 Å². The summed E-state index contributed by atoms with van der Waals surface area (Å²) < 4.78 is 5.71. The van der Waals surface area contributed by atoms with Crippen LogP contribution in [0.5, 0.6) is 5.75 Å². The summed E-state index contributed by atoms with van der Waals surface area (Å²) in [7, 11) is 0. The molecular formula is C19H23N3O2. The Morgan fingerprint density at radius 2 is 2.04 bits per heavy atom. The van der Waals surface area contributed by atoms with Crippen molar-refractivity contribution >= 4 is 5.91 Å². The largest absolute Gasteiger partial charge is 0.487 e. The molecule has 1 fully saturated rings. The Hall–Kier alpha value is -2.40. The van der Waals surface area contributed by atoms with Gasteiger partial charge in [-0.1, -0.05) is 6.07 Å². The van der Waals surface area contributed by atoms with Gasteiger partial charge in [-0.15, -0.1) is 0 Å². The molecule has 24 heavy (non-hydrogen) atoms. The van der Waals surface area contributed by atoms with E-state index in [2.05, 4.69) is 4.98 Å². The first-order valence-corrected chi connectivity index (χ1v) is 8.42. The molecule has 0 saturated carbocycles. The molecule has 1 atom stereocenters. The molecule has 0 unspecified atom stereocenters. The van der Waals surface area contributed by atoms with E-state index in [4.69, 9.17) is 10.5 Å². The van der Waals surface area contributed by atoms with E-state index in [1.54, 1.807) is 6.20 Å². The first-order valence-electron chi connectivity index (χ1n) is 8.42. The molecule has 5 heteroatoms. The zero-order valence-electron chi connectivity index (χ0n) is 13.7. The van der Waals surface area contributed by atoms with Crippen LogP contribution in [0.25, 0.3) is 0 Å². The summed E-state index contributed by atoms with van der Waals surface area (Å²) in [5.74, 6) is 0.785. The summed E-state index contributed by atoms with van der Waals surface area (Å²) in [4.78, 5) is 18.8. The molecule has 0 bridgehead atoms. The van der Waals surface area contributed by atoms with Crippen LogP contribution in [0.15, 0.2) is 48.7 Å². The molecule has 0 radical (unpaired) electrons. The Balaban J connectivity index is 1.62. The van der Waals surface area contributed by atoms with Crippen LogP contribution >= 0.6 is 0 Å². The van der Waals surface area contributed by atoms with Gasteiger partial charge in [0.1, 0.15) is 12.4 Å². The van der Waals surface area contributed by atoms with Gasteiger partial charge in [0.15, 0.2) is 0 Å². The minimum Gasteiger partial charge on any atom is -0.487 e. The topological polar surface area (TPSA) is 68.5 Å². The highest BCUT2D eigenvalue weighted by Gasteiger charge is 2.26. The summed E-state index contributed by atoms with van der Waals surface area (Å²) in [6.45, 7) is 1.73. The van der Waals surface area contributed by atoms with E-state index in [0.29, 0.717) is 18.7 Å². The molecule has 1 aliphatic heterocycles. The van der Waals surface area contributed by atoms with Crippen molar-refractivity contribution in [3.05, 3.63) is 59.9 Å². The first kappa shape index (κ1) is 16.5. The molecular weight excluding hydrogens is 302 g/mol. The Morgan fingerprint density at radius 1 is 1.21 bits per heavy atom. The molecule has 0 spiro atoms. The van der Waals surface area contributed by atoms with Gasteiger partial charge in [-0.2, -0.15) is 0 Å². The lowest BCUT2D eigenvalue weighted by Gasteiger charge is -2.35. The summed E-state index contributed by atoms with van der Waals surface area (Å²) in [5.41, 5.74) is 7.36. The zero-order valence-corrected chi connectivity index (χ0v) is 13.7. The number of likely N-dealkylation sites (tertiary alicyclic amines) is 1. The third-order valence-corrected chi connectivity index (χ3v) is 4.37. The summed E-state index contributed by atoms with van der Waals surface area (Å²) in [5, 5.41) is 0. The molecule has 5 nitrogen and oxygen atoms in total. The quantitative estimate of drug-likeness (QED) is 0.917. The van der Waals surface area contributed by atoms with E-state index in [-0.39, 0.29) is 11.9 Å². The van der Waals surface area contributed by atoms with Gasteiger partial charge in [0.25, 0.3) is 5.91 Å². The number of aromatic nitrogens is 1. The van der Waals surface area contributed by atoms with Crippen molar-refractivity contribution in [2.75, 3.05) is 13.1 Å². The minimum absolute atomic E-state index is 0.0569. The highest BCUT2D eigenvalue weighted by atomic mass is 16.5. The molecule has 126 valence electrons. The molecule has 2 aromatic rings. The van der Waals surface area contributed by atoms with Crippen molar-refractivity contribution in [3.8, 4) is 5.75 Å². The van der Waals surface area contributed by atoms with Crippen LogP contribution < -0.4 is 10.5 Å². The molecule has 1 aromatic carbocycles. The van der Waals surface area contributed by atoms with Crippen molar-refractivity contribution < 1.29 is 9.53 Å². The zero-order chi connectivity index (χ0) is 16.8. The number of hydrogen-bond donors (Lipinski definition) is 1. The second-order valence-corrected chi connectivity index (χ2v) is 6.02. The SMILES string of the molecule is NC[C@@H]1CCCCN1C(=O)c1ccc(OCc2ccccn2)cc1. The Bertz CT molecular complexity index is 658. The number of nitrogens with two attached hydrogens (primary N) is 1. The number of rotatable bonds is 5. The van der Waals surface area contributed by atoms with Crippen LogP contribution in [0.3, 0.4) is 0 Å². The van der Waals surface area contributed by atoms with Gasteiger partial charge in [0.2, 0.25) is 0 Å². The van der Waals surface area contributed by atoms with E-state index in [0.717, 1.165) is 37.3 Å². The predicted molar refractivity (Wildman–Crippen MR) is 92.7 cm³/mol. The van der Waals surface area contributed by atoms with Gasteiger partial charge in [-0.05, 0) is 55.7 Å². The number of hydrogen-bond acceptors (Lipinski definition) is 4. The summed E-state index contributed by atoms with van der Waals surface area (Å²) in [6.07, 6.45) is 4.93. The van der Waals surface area contributed by atoms with Gasteiger partial charge >= 0.3 is 0 Å². The first-order chi connectivity index (χ1) is 11.8. The van der Waals surface area contributed by atoms with Crippen LogP contribution in [0.2, 0.25) is 0 Å². The van der Waals surface area contributed by atoms with Gasteiger partial charge < -0.3 is 15.4 Å². The molecule has 1 amide bonds. The summed E-state index contributed by atoms with van der Waals surface area (Å²) >= 11 is 0. The number of ether oxygens (including phenoxy) is 1. The number of amides is 1. The molecule has 0 aliphatic carbocycles. The number of carbonyl (C=O) groups excluding carboxylic acids is 1. The predicted octanol–water partition coefficient (Wildman–Crippen LogP) is 2.61. The summed E-state index contributed by atoms with van der Waals surface area (Å²) in [6, 6.07) is 13.2. The lowest BCUT2D eigenvalue weighted by molar-refractivity contribution is 0.0623. The van der Waals surface area contributed by atoms with Crippen molar-refractivity contribution in [1.29, 1.82) is 0 Å². The van der Waals surface area contributed by atoms with Gasteiger partial charge in [-0.3, -0.25) is 9.78 Å². The molecule has 1 aromatic heterocycles. The van der Waals surface area contributed by atoms with Crippen LogP contribution in [0.4, 0.5) is 0 Å². The van der Waals surface area contributed by atoms with E-state index >= 15 is 0 Å². The number of piperidine rings is 1. The second kappa shape index (κ2) is 7.93. The van der Waals surface area contributed by atoms with Crippen LogP contribution in [0, 0.1) is 0 Å². The van der Waals surface area contributed by atoms with Crippen LogP contribution in [0.1, 0.15) is 35.3 Å². The molecule has 1 saturated heterocycles. The number of carbonyl (C=O) groups is 1. The lowest BCUT2D eigenvalue weighted by Crippen LogP contribution is -2.47. The van der Waals surface area contributed by atoms with Crippen molar-refractivity contribution in [2.24, 2.45) is 5.73 Å². The van der Waals surface area contributed by atoms with E-state index < -0.39 is 0 Å². The highest BCUT2D eigenvalue weighted by molar-refractivity contribution is 5.94. The fraction of sp³-hybridized carbons (Fsp3) is 0.368. The monoisotopic (exact) mass is 325 g/mol. The van der Waals surface area contributed by atoms with Crippen LogP contribution in [-0.2, 0) is 6.61 Å². The second-order valence-electron chi connectivity index (χ2n) is 6.02. The number of pyridine rings is 1. The van der Waals surface area contributed by atoms with Crippen molar-refractivity contribution in [2.45, 2.75) is 31.9 Å². The number of nitrogens with zero attached hydrogens (tertiary/aromatic N) is 2. The standard InChI is InChI=1S/C19H23N3O2/c20-13-17-6-2-4-12-22(17)19(23)15-7-9-18(10-8-15)24-14-16-5-1-3-11-21-16/h1,3,5,7-11,17H,2,4,6,12-14,20H2/t17-/m0/s1. The lowest BCUT2D eigenvalue weighted by atomic mass is 10.0. The normalized spacial score (nSPS) is 17.5. The molecule has 1 aliphatic rings. The fourth-order valence-electron chi connectivity index (χ4n) is 3.01. The maximum atomic E-state index is 12.7. The minimum atomic E-state index is 0.0569. The Labute approximate surface area is 142 Å². The van der Waals surface area contributed by atoms with Gasteiger partial charge in [0, 0.05) is 30.9 Å². The average molecular weight is 325 g/mol. The van der Waals surface area contributed by atoms with Crippen molar-refractivity contribution in [1.82, 2.24) is 9.88 Å². The number of benzene rings is 1. The molecule has 2 heterocycles. The fourth-order valence-corrected chi connectivity index (χ4v) is 3.01. The Kier molecular flexibility index (Phi) is 5.43. The maximum absolute atomic E-state index is 12.7. The van der Waals surface area contributed by atoms with Crippen LogP contribution in [-0.4, -0.2) is 34.9 Å². The molecule has 3 rings (SSSR count). The highest BCUT2D eigenvalue weighted by Crippen LogP contribution is 2.20. The molecule has 2 N–H and O–H groups in total. The maximum Gasteiger partial charge on any atom is 0.254 e. The van der Waals surface area contributed by atoms with E-state index in [1.807, 2.05) is 47.4 Å². The third kappa shape index (κ3) is 3.92. The average Bonchev–Trinajstić information content (AvgIpc) is 2.67. The van der Waals surface area contributed by atoms with E-state index in [1.165, 1.54) is 0 Å². The smallest absolute Gasteiger partial charge is 0.254 e. The third-order valence-electron chi connectivity index (χ3n) is 4.37.